The maximum atomic E-state index is 13.0. The average molecular weight is 285 g/mol. The molecule has 1 aromatic carbocycles. The van der Waals surface area contributed by atoms with Gasteiger partial charge in [0.15, 0.2) is 0 Å². The molecule has 0 aliphatic carbocycles. The number of amides is 1. The van der Waals surface area contributed by atoms with E-state index >= 15 is 0 Å². The van der Waals surface area contributed by atoms with Crippen LogP contribution >= 0.6 is 0 Å². The number of aromatic nitrogens is 1. The molecule has 1 amide bonds. The van der Waals surface area contributed by atoms with E-state index in [1.165, 1.54) is 18.2 Å². The van der Waals surface area contributed by atoms with Crippen LogP contribution in [-0.2, 0) is 0 Å². The fraction of sp³-hybridized carbons (Fsp3) is 0. The summed E-state index contributed by atoms with van der Waals surface area (Å²) in [6.07, 6.45) is 1.05. The SMILES string of the molecule is N#Cc1cc(F)ccc1NC(=O)c1ccc(C(=O)O)cn1. The van der Waals surface area contributed by atoms with Gasteiger partial charge in [0, 0.05) is 6.20 Å². The van der Waals surface area contributed by atoms with Gasteiger partial charge in [-0.1, -0.05) is 0 Å². The van der Waals surface area contributed by atoms with Gasteiger partial charge < -0.3 is 10.4 Å². The number of pyridine rings is 1. The Hall–Kier alpha value is -3.27. The normalized spacial score (nSPS) is 9.71. The van der Waals surface area contributed by atoms with Gasteiger partial charge in [0.05, 0.1) is 16.8 Å². The minimum atomic E-state index is -1.15. The van der Waals surface area contributed by atoms with Gasteiger partial charge in [-0.2, -0.15) is 5.26 Å². The maximum absolute atomic E-state index is 13.0. The number of carbonyl (C=O) groups excluding carboxylic acids is 1. The third-order valence-corrected chi connectivity index (χ3v) is 2.59. The number of carboxylic acids is 1. The van der Waals surface area contributed by atoms with Crippen LogP contribution in [0.5, 0.6) is 0 Å². The molecule has 0 saturated carbocycles. The molecule has 2 N–H and O–H groups in total. The highest BCUT2D eigenvalue weighted by molar-refractivity contribution is 6.03. The second-order valence-corrected chi connectivity index (χ2v) is 3.99. The molecular weight excluding hydrogens is 277 g/mol. The highest BCUT2D eigenvalue weighted by Gasteiger charge is 2.12. The standard InChI is InChI=1S/C14H8FN3O3/c15-10-2-4-11(9(5-10)6-16)18-13(19)12-3-1-8(7-17-12)14(20)21/h1-5,7H,(H,18,19)(H,20,21). The number of hydrogen-bond acceptors (Lipinski definition) is 4. The molecule has 0 aliphatic heterocycles. The van der Waals surface area contributed by atoms with E-state index in [1.54, 1.807) is 6.07 Å². The van der Waals surface area contributed by atoms with Crippen molar-refractivity contribution in [3.63, 3.8) is 0 Å². The third-order valence-electron chi connectivity index (χ3n) is 2.59. The minimum Gasteiger partial charge on any atom is -0.478 e. The van der Waals surface area contributed by atoms with Crippen molar-refractivity contribution < 1.29 is 19.1 Å². The van der Waals surface area contributed by atoms with Crippen molar-refractivity contribution in [2.75, 3.05) is 5.32 Å². The van der Waals surface area contributed by atoms with Crippen molar-refractivity contribution in [1.82, 2.24) is 4.98 Å². The first kappa shape index (κ1) is 14.1. The van der Waals surface area contributed by atoms with Gasteiger partial charge in [-0.3, -0.25) is 9.78 Å². The molecule has 0 radical (unpaired) electrons. The molecule has 0 unspecified atom stereocenters. The molecule has 0 bridgehead atoms. The molecule has 21 heavy (non-hydrogen) atoms. The lowest BCUT2D eigenvalue weighted by atomic mass is 10.2. The van der Waals surface area contributed by atoms with Gasteiger partial charge in [0.2, 0.25) is 0 Å². The van der Waals surface area contributed by atoms with Crippen LogP contribution in [-0.4, -0.2) is 22.0 Å². The molecule has 7 heteroatoms. The van der Waals surface area contributed by atoms with Gasteiger partial charge >= 0.3 is 5.97 Å². The lowest BCUT2D eigenvalue weighted by Crippen LogP contribution is -2.15. The molecule has 2 rings (SSSR count). The number of nitrogens with one attached hydrogen (secondary N) is 1. The largest absolute Gasteiger partial charge is 0.478 e. The second kappa shape index (κ2) is 5.79. The van der Waals surface area contributed by atoms with Crippen LogP contribution in [0.2, 0.25) is 0 Å². The summed E-state index contributed by atoms with van der Waals surface area (Å²) in [4.78, 5) is 26.3. The maximum Gasteiger partial charge on any atom is 0.337 e. The Morgan fingerprint density at radius 1 is 1.29 bits per heavy atom. The topological polar surface area (TPSA) is 103 Å². The Bertz CT molecular complexity index is 751. The summed E-state index contributed by atoms with van der Waals surface area (Å²) in [5.41, 5.74) is 0.0535. The lowest BCUT2D eigenvalue weighted by Gasteiger charge is -2.06. The Morgan fingerprint density at radius 2 is 2.05 bits per heavy atom. The molecule has 0 spiro atoms. The summed E-state index contributed by atoms with van der Waals surface area (Å²) >= 11 is 0. The van der Waals surface area contributed by atoms with Gasteiger partial charge in [0.25, 0.3) is 5.91 Å². The molecule has 1 heterocycles. The predicted molar refractivity (Wildman–Crippen MR) is 70.3 cm³/mol. The zero-order chi connectivity index (χ0) is 15.4. The highest BCUT2D eigenvalue weighted by atomic mass is 19.1. The summed E-state index contributed by atoms with van der Waals surface area (Å²) in [5.74, 6) is -2.37. The Balaban J connectivity index is 2.22. The number of hydrogen-bond donors (Lipinski definition) is 2. The van der Waals surface area contributed by atoms with Gasteiger partial charge in [-0.05, 0) is 30.3 Å². The van der Waals surface area contributed by atoms with E-state index in [-0.39, 0.29) is 22.5 Å². The first-order valence-electron chi connectivity index (χ1n) is 5.71. The molecule has 0 aliphatic rings. The quantitative estimate of drug-likeness (QED) is 0.898. The number of nitriles is 1. The summed E-state index contributed by atoms with van der Waals surface area (Å²) in [6.45, 7) is 0. The zero-order valence-electron chi connectivity index (χ0n) is 10.5. The molecule has 2 aromatic rings. The number of benzene rings is 1. The summed E-state index contributed by atoms with van der Waals surface area (Å²) < 4.78 is 13.0. The van der Waals surface area contributed by atoms with Gasteiger partial charge in [-0.25, -0.2) is 9.18 Å². The van der Waals surface area contributed by atoms with Crippen LogP contribution in [0.25, 0.3) is 0 Å². The Kier molecular flexibility index (Phi) is 3.90. The van der Waals surface area contributed by atoms with Crippen LogP contribution in [0.1, 0.15) is 26.4 Å². The van der Waals surface area contributed by atoms with Crippen molar-refractivity contribution >= 4 is 17.6 Å². The monoisotopic (exact) mass is 285 g/mol. The van der Waals surface area contributed by atoms with E-state index in [0.29, 0.717) is 0 Å². The number of anilines is 1. The fourth-order valence-corrected chi connectivity index (χ4v) is 1.56. The van der Waals surface area contributed by atoms with Crippen LogP contribution in [0.4, 0.5) is 10.1 Å². The highest BCUT2D eigenvalue weighted by Crippen LogP contribution is 2.16. The van der Waals surface area contributed by atoms with Crippen LogP contribution < -0.4 is 5.32 Å². The van der Waals surface area contributed by atoms with E-state index < -0.39 is 17.7 Å². The second-order valence-electron chi connectivity index (χ2n) is 3.99. The van der Waals surface area contributed by atoms with Crippen molar-refractivity contribution in [2.24, 2.45) is 0 Å². The molecule has 0 atom stereocenters. The Labute approximate surface area is 118 Å². The number of carbonyl (C=O) groups is 2. The molecular formula is C14H8FN3O3. The van der Waals surface area contributed by atoms with E-state index in [1.807, 2.05) is 0 Å². The predicted octanol–water partition coefficient (Wildman–Crippen LogP) is 2.04. The smallest absolute Gasteiger partial charge is 0.337 e. The molecule has 104 valence electrons. The van der Waals surface area contributed by atoms with Crippen molar-refractivity contribution in [3.8, 4) is 6.07 Å². The van der Waals surface area contributed by atoms with E-state index in [0.717, 1.165) is 18.3 Å². The number of carboxylic acid groups (broad SMARTS) is 1. The molecule has 1 aromatic heterocycles. The van der Waals surface area contributed by atoms with Crippen molar-refractivity contribution in [1.29, 1.82) is 5.26 Å². The lowest BCUT2D eigenvalue weighted by molar-refractivity contribution is 0.0696. The summed E-state index contributed by atoms with van der Waals surface area (Å²) in [5, 5.41) is 20.0. The number of halogens is 1. The van der Waals surface area contributed by atoms with Gasteiger partial charge in [0.1, 0.15) is 17.6 Å². The third kappa shape index (κ3) is 3.19. The molecule has 0 fully saturated rings. The van der Waals surface area contributed by atoms with Crippen molar-refractivity contribution in [3.05, 3.63) is 59.2 Å². The average Bonchev–Trinajstić information content (AvgIpc) is 2.49. The number of nitrogens with zero attached hydrogens (tertiary/aromatic N) is 2. The van der Waals surface area contributed by atoms with E-state index in [9.17, 15) is 14.0 Å². The van der Waals surface area contributed by atoms with Crippen LogP contribution in [0.15, 0.2) is 36.5 Å². The molecule has 0 saturated heterocycles. The summed E-state index contributed by atoms with van der Waals surface area (Å²) in [6, 6.07) is 7.61. The van der Waals surface area contributed by atoms with Crippen LogP contribution in [0, 0.1) is 17.1 Å². The zero-order valence-corrected chi connectivity index (χ0v) is 10.5. The first-order valence-corrected chi connectivity index (χ1v) is 5.71. The van der Waals surface area contributed by atoms with Crippen molar-refractivity contribution in [2.45, 2.75) is 0 Å². The van der Waals surface area contributed by atoms with Gasteiger partial charge in [-0.15, -0.1) is 0 Å². The number of aromatic carboxylic acids is 1. The van der Waals surface area contributed by atoms with Crippen LogP contribution in [0.3, 0.4) is 0 Å². The molecule has 6 nitrogen and oxygen atoms in total. The number of rotatable bonds is 3. The van der Waals surface area contributed by atoms with E-state index in [2.05, 4.69) is 10.3 Å². The van der Waals surface area contributed by atoms with E-state index in [4.69, 9.17) is 10.4 Å². The first-order chi connectivity index (χ1) is 10.0. The Morgan fingerprint density at radius 3 is 2.62 bits per heavy atom. The fourth-order valence-electron chi connectivity index (χ4n) is 1.56. The summed E-state index contributed by atoms with van der Waals surface area (Å²) in [7, 11) is 0. The minimum absolute atomic E-state index is 0.0202.